The van der Waals surface area contributed by atoms with Gasteiger partial charge in [0.15, 0.2) is 0 Å². The summed E-state index contributed by atoms with van der Waals surface area (Å²) in [6, 6.07) is -0.343. The van der Waals surface area contributed by atoms with E-state index in [0.29, 0.717) is 19.4 Å². The van der Waals surface area contributed by atoms with Crippen LogP contribution < -0.4 is 5.32 Å². The van der Waals surface area contributed by atoms with E-state index in [1.165, 1.54) is 6.92 Å². The van der Waals surface area contributed by atoms with Gasteiger partial charge in [0.05, 0.1) is 6.10 Å². The molecule has 2 bridgehead atoms. The summed E-state index contributed by atoms with van der Waals surface area (Å²) >= 11 is 0. The summed E-state index contributed by atoms with van der Waals surface area (Å²) in [6.07, 6.45) is 3.18. The minimum absolute atomic E-state index is 0.259. The van der Waals surface area contributed by atoms with Gasteiger partial charge in [-0.2, -0.15) is 0 Å². The Bertz CT molecular complexity index is 333. The van der Waals surface area contributed by atoms with Gasteiger partial charge in [-0.05, 0) is 25.7 Å². The van der Waals surface area contributed by atoms with Gasteiger partial charge < -0.3 is 15.5 Å². The highest BCUT2D eigenvalue weighted by Gasteiger charge is 2.41. The number of hydrogen-bond donors (Lipinski definition) is 3. The van der Waals surface area contributed by atoms with Gasteiger partial charge in [-0.25, -0.2) is 4.79 Å². The molecule has 0 aliphatic carbocycles. The Hall–Kier alpha value is -1.14. The molecule has 0 aromatic carbocycles. The summed E-state index contributed by atoms with van der Waals surface area (Å²) in [6.45, 7) is 1.65. The molecule has 3 atom stereocenters. The summed E-state index contributed by atoms with van der Waals surface area (Å²) in [5, 5.41) is 21.3. The van der Waals surface area contributed by atoms with E-state index in [4.69, 9.17) is 5.11 Å². The molecule has 2 rings (SSSR count). The van der Waals surface area contributed by atoms with Gasteiger partial charge in [0.25, 0.3) is 0 Å². The summed E-state index contributed by atoms with van der Waals surface area (Å²) in [7, 11) is 0. The molecule has 102 valence electrons. The van der Waals surface area contributed by atoms with Crippen molar-refractivity contribution in [2.24, 2.45) is 0 Å². The van der Waals surface area contributed by atoms with Crippen LogP contribution >= 0.6 is 0 Å². The quantitative estimate of drug-likeness (QED) is 0.634. The smallest absolute Gasteiger partial charge is 0.327 e. The second-order valence-corrected chi connectivity index (χ2v) is 5.30. The fraction of sp³-hybridized carbons (Fsp3) is 0.833. The molecule has 3 unspecified atom stereocenters. The Morgan fingerprint density at radius 2 is 1.89 bits per heavy atom. The van der Waals surface area contributed by atoms with Gasteiger partial charge in [-0.15, -0.1) is 0 Å². The lowest BCUT2D eigenvalue weighted by Gasteiger charge is -2.38. The lowest BCUT2D eigenvalue weighted by Crippen LogP contribution is -2.53. The van der Waals surface area contributed by atoms with Crippen LogP contribution in [0.3, 0.4) is 0 Å². The third-order valence-electron chi connectivity index (χ3n) is 3.93. The molecule has 2 heterocycles. The van der Waals surface area contributed by atoms with E-state index >= 15 is 0 Å². The number of rotatable bonds is 4. The van der Waals surface area contributed by atoms with Crippen molar-refractivity contribution in [1.82, 2.24) is 10.2 Å². The number of aliphatic carboxylic acids is 1. The highest BCUT2D eigenvalue weighted by atomic mass is 16.4. The fourth-order valence-electron chi connectivity index (χ4n) is 3.19. The molecular formula is C12H20N2O4. The van der Waals surface area contributed by atoms with E-state index in [2.05, 4.69) is 10.2 Å². The molecule has 0 radical (unpaired) electrons. The Morgan fingerprint density at radius 1 is 1.33 bits per heavy atom. The first kappa shape index (κ1) is 13.3. The molecule has 2 aliphatic heterocycles. The Balaban J connectivity index is 1.99. The van der Waals surface area contributed by atoms with Crippen LogP contribution in [0.25, 0.3) is 0 Å². The number of fused-ring (bicyclic) bond motifs is 2. The predicted molar refractivity (Wildman–Crippen MR) is 64.0 cm³/mol. The van der Waals surface area contributed by atoms with Crippen molar-refractivity contribution in [2.45, 2.75) is 56.8 Å². The van der Waals surface area contributed by atoms with Gasteiger partial charge in [-0.1, -0.05) is 0 Å². The van der Waals surface area contributed by atoms with Crippen LogP contribution in [-0.2, 0) is 9.59 Å². The minimum Gasteiger partial charge on any atom is -0.480 e. The molecule has 3 N–H and O–H groups in total. The highest BCUT2D eigenvalue weighted by molar-refractivity contribution is 5.82. The van der Waals surface area contributed by atoms with Crippen molar-refractivity contribution < 1.29 is 19.8 Å². The molecule has 2 fully saturated rings. The topological polar surface area (TPSA) is 89.9 Å². The maximum Gasteiger partial charge on any atom is 0.327 e. The third-order valence-corrected chi connectivity index (χ3v) is 3.93. The van der Waals surface area contributed by atoms with Gasteiger partial charge in [0.1, 0.15) is 6.04 Å². The number of aliphatic hydroxyl groups is 1. The number of nitrogens with zero attached hydrogens (tertiary/aromatic N) is 1. The van der Waals surface area contributed by atoms with Crippen molar-refractivity contribution in [3.8, 4) is 0 Å². The lowest BCUT2D eigenvalue weighted by atomic mass is 9.99. The van der Waals surface area contributed by atoms with E-state index < -0.39 is 12.0 Å². The average molecular weight is 256 g/mol. The molecule has 0 aromatic rings. The van der Waals surface area contributed by atoms with Crippen LogP contribution in [0.1, 0.15) is 32.6 Å². The number of carboxylic acid groups (broad SMARTS) is 1. The molecule has 2 saturated heterocycles. The largest absolute Gasteiger partial charge is 0.480 e. The predicted octanol–water partition coefficient (Wildman–Crippen LogP) is -0.437. The summed E-state index contributed by atoms with van der Waals surface area (Å²) in [5.74, 6) is -1.33. The minimum atomic E-state index is -1.00. The zero-order valence-corrected chi connectivity index (χ0v) is 10.5. The third kappa shape index (κ3) is 2.81. The number of carbonyl (C=O) groups is 2. The van der Waals surface area contributed by atoms with Crippen molar-refractivity contribution in [3.05, 3.63) is 0 Å². The van der Waals surface area contributed by atoms with Gasteiger partial charge >= 0.3 is 5.97 Å². The molecule has 1 amide bonds. The van der Waals surface area contributed by atoms with Gasteiger partial charge in [-0.3, -0.25) is 9.69 Å². The average Bonchev–Trinajstić information content (AvgIpc) is 2.50. The van der Waals surface area contributed by atoms with E-state index in [1.807, 2.05) is 0 Å². The second-order valence-electron chi connectivity index (χ2n) is 5.30. The molecular weight excluding hydrogens is 236 g/mol. The molecule has 18 heavy (non-hydrogen) atoms. The Labute approximate surface area is 106 Å². The van der Waals surface area contributed by atoms with Crippen LogP contribution in [0.15, 0.2) is 0 Å². The van der Waals surface area contributed by atoms with Gasteiger partial charge in [0.2, 0.25) is 5.91 Å². The van der Waals surface area contributed by atoms with E-state index in [-0.39, 0.29) is 24.1 Å². The van der Waals surface area contributed by atoms with Crippen molar-refractivity contribution in [3.63, 3.8) is 0 Å². The number of carboxylic acids is 1. The zero-order valence-electron chi connectivity index (χ0n) is 10.5. The number of amides is 1. The standard InChI is InChI=1S/C12H20N2O4/c1-7(15)13-11(12(17)18)6-14-8-2-3-9(14)5-10(16)4-8/h8-11,16H,2-6H2,1H3,(H,13,15)(H,17,18). The first-order chi connectivity index (χ1) is 8.47. The number of aliphatic hydroxyl groups excluding tert-OH is 1. The molecule has 0 spiro atoms. The number of hydrogen-bond acceptors (Lipinski definition) is 4. The maximum absolute atomic E-state index is 11.1. The number of piperidine rings is 1. The monoisotopic (exact) mass is 256 g/mol. The summed E-state index contributed by atoms with van der Waals surface area (Å²) < 4.78 is 0. The van der Waals surface area contributed by atoms with Crippen LogP contribution in [0, 0.1) is 0 Å². The maximum atomic E-state index is 11.1. The van der Waals surface area contributed by atoms with E-state index in [1.54, 1.807) is 0 Å². The normalized spacial score (nSPS) is 33.1. The van der Waals surface area contributed by atoms with E-state index in [9.17, 15) is 14.7 Å². The highest BCUT2D eigenvalue weighted by Crippen LogP contribution is 2.35. The van der Waals surface area contributed by atoms with Crippen LogP contribution in [0.5, 0.6) is 0 Å². The fourth-order valence-corrected chi connectivity index (χ4v) is 3.19. The number of carbonyl (C=O) groups excluding carboxylic acids is 1. The van der Waals surface area contributed by atoms with Gasteiger partial charge in [0, 0.05) is 25.6 Å². The lowest BCUT2D eigenvalue weighted by molar-refractivity contribution is -0.142. The molecule has 6 nitrogen and oxygen atoms in total. The molecule has 6 heteroatoms. The SMILES string of the molecule is CC(=O)NC(CN1C2CCC1CC(O)C2)C(=O)O. The van der Waals surface area contributed by atoms with Crippen LogP contribution in [-0.4, -0.2) is 57.8 Å². The first-order valence-electron chi connectivity index (χ1n) is 6.41. The first-order valence-corrected chi connectivity index (χ1v) is 6.41. The van der Waals surface area contributed by atoms with Crippen molar-refractivity contribution >= 4 is 11.9 Å². The summed E-state index contributed by atoms with van der Waals surface area (Å²) in [5.41, 5.74) is 0. The van der Waals surface area contributed by atoms with Crippen LogP contribution in [0.2, 0.25) is 0 Å². The zero-order chi connectivity index (χ0) is 13.3. The molecule has 0 saturated carbocycles. The Morgan fingerprint density at radius 3 is 2.33 bits per heavy atom. The summed E-state index contributed by atoms with van der Waals surface area (Å²) in [4.78, 5) is 24.3. The molecule has 0 aromatic heterocycles. The second kappa shape index (κ2) is 5.24. The van der Waals surface area contributed by atoms with Crippen LogP contribution in [0.4, 0.5) is 0 Å². The van der Waals surface area contributed by atoms with Crippen molar-refractivity contribution in [2.75, 3.05) is 6.54 Å². The Kier molecular flexibility index (Phi) is 3.87. The van der Waals surface area contributed by atoms with E-state index in [0.717, 1.165) is 12.8 Å². The van der Waals surface area contributed by atoms with Crippen molar-refractivity contribution in [1.29, 1.82) is 0 Å². The number of nitrogens with one attached hydrogen (secondary N) is 1. The molecule has 2 aliphatic rings.